The highest BCUT2D eigenvalue weighted by Gasteiger charge is 2.21. The predicted octanol–water partition coefficient (Wildman–Crippen LogP) is 5.01. The minimum Gasteiger partial charge on any atom is -0.309 e. The first-order chi connectivity index (χ1) is 9.24. The second-order valence-corrected chi connectivity index (χ2v) is 8.25. The van der Waals surface area contributed by atoms with E-state index >= 15 is 0 Å². The minimum absolute atomic E-state index is 0.0781. The van der Waals surface area contributed by atoms with Crippen LogP contribution in [0.2, 0.25) is 0 Å². The third-order valence-electron chi connectivity index (χ3n) is 3.15. The molecule has 0 saturated heterocycles. The molecule has 0 spiro atoms. The Kier molecular flexibility index (Phi) is 6.53. The van der Waals surface area contributed by atoms with Crippen LogP contribution in [0.3, 0.4) is 0 Å². The monoisotopic (exact) mass is 297 g/mol. The van der Waals surface area contributed by atoms with Gasteiger partial charge in [-0.15, -0.1) is 0 Å². The molecule has 1 atom stereocenters. The Bertz CT molecular complexity index is 414. The van der Waals surface area contributed by atoms with Gasteiger partial charge in [-0.2, -0.15) is 11.8 Å². The molecule has 0 radical (unpaired) electrons. The fraction of sp³-hybridized carbons (Fsp3) is 0.647. The van der Waals surface area contributed by atoms with Gasteiger partial charge < -0.3 is 5.32 Å². The van der Waals surface area contributed by atoms with Crippen LogP contribution in [0, 0.1) is 19.7 Å². The number of aryl methyl sites for hydroxylation is 2. The summed E-state index contributed by atoms with van der Waals surface area (Å²) in [5, 5.41) is 3.50. The molecule has 0 aromatic heterocycles. The van der Waals surface area contributed by atoms with Gasteiger partial charge in [0, 0.05) is 22.1 Å². The summed E-state index contributed by atoms with van der Waals surface area (Å²) in [7, 11) is 0. The van der Waals surface area contributed by atoms with Crippen molar-refractivity contribution in [2.24, 2.45) is 0 Å². The summed E-state index contributed by atoms with van der Waals surface area (Å²) >= 11 is 1.88. The summed E-state index contributed by atoms with van der Waals surface area (Å²) in [6.45, 7) is 13.6. The maximum absolute atomic E-state index is 14.4. The van der Waals surface area contributed by atoms with Crippen LogP contribution in [0.1, 0.15) is 56.8 Å². The van der Waals surface area contributed by atoms with Crippen LogP contribution in [0.15, 0.2) is 12.1 Å². The maximum Gasteiger partial charge on any atom is 0.128 e. The van der Waals surface area contributed by atoms with Gasteiger partial charge in [0.2, 0.25) is 0 Å². The molecule has 0 aliphatic carbocycles. The van der Waals surface area contributed by atoms with E-state index in [9.17, 15) is 4.39 Å². The zero-order valence-corrected chi connectivity index (χ0v) is 14.5. The highest BCUT2D eigenvalue weighted by molar-refractivity contribution is 8.00. The first-order valence-electron chi connectivity index (χ1n) is 7.38. The van der Waals surface area contributed by atoms with Crippen molar-refractivity contribution in [1.82, 2.24) is 5.32 Å². The third kappa shape index (κ3) is 5.45. The first kappa shape index (κ1) is 17.5. The van der Waals surface area contributed by atoms with Crippen LogP contribution in [0.25, 0.3) is 0 Å². The van der Waals surface area contributed by atoms with E-state index in [0.29, 0.717) is 0 Å². The zero-order chi connectivity index (χ0) is 15.3. The largest absolute Gasteiger partial charge is 0.309 e. The van der Waals surface area contributed by atoms with E-state index in [1.54, 1.807) is 6.07 Å². The summed E-state index contributed by atoms with van der Waals surface area (Å²) in [4.78, 5) is 0. The third-order valence-corrected chi connectivity index (χ3v) is 4.52. The molecule has 1 nitrogen and oxygen atoms in total. The summed E-state index contributed by atoms with van der Waals surface area (Å²) in [5.74, 6) is 0.815. The number of hydrogen-bond donors (Lipinski definition) is 1. The van der Waals surface area contributed by atoms with Crippen LogP contribution in [0.5, 0.6) is 0 Å². The van der Waals surface area contributed by atoms with E-state index in [1.165, 1.54) is 0 Å². The molecule has 0 aliphatic rings. The van der Waals surface area contributed by atoms with Gasteiger partial charge in [-0.05, 0) is 44.0 Å². The molecule has 3 heteroatoms. The standard InChI is InChI=1S/C17H28FNS/c1-7-8-19-15(11-20-17(4,5)6)16-13(3)9-12(2)10-14(16)18/h9-10,15,19H,7-8,11H2,1-6H3. The molecule has 0 saturated carbocycles. The van der Waals surface area contributed by atoms with Gasteiger partial charge in [-0.1, -0.05) is 33.8 Å². The van der Waals surface area contributed by atoms with E-state index < -0.39 is 0 Å². The molecule has 20 heavy (non-hydrogen) atoms. The molecule has 1 rings (SSSR count). The lowest BCUT2D eigenvalue weighted by Crippen LogP contribution is -2.27. The van der Waals surface area contributed by atoms with Crippen molar-refractivity contribution < 1.29 is 4.39 Å². The predicted molar refractivity (Wildman–Crippen MR) is 89.1 cm³/mol. The Morgan fingerprint density at radius 1 is 1.25 bits per heavy atom. The minimum atomic E-state index is -0.0781. The Labute approximate surface area is 127 Å². The number of nitrogens with one attached hydrogen (secondary N) is 1. The van der Waals surface area contributed by atoms with Gasteiger partial charge >= 0.3 is 0 Å². The molecule has 0 fully saturated rings. The highest BCUT2D eigenvalue weighted by Crippen LogP contribution is 2.31. The van der Waals surface area contributed by atoms with Crippen molar-refractivity contribution in [1.29, 1.82) is 0 Å². The van der Waals surface area contributed by atoms with Crippen molar-refractivity contribution in [2.75, 3.05) is 12.3 Å². The molecule has 1 aromatic rings. The van der Waals surface area contributed by atoms with Gasteiger partial charge in [-0.25, -0.2) is 4.39 Å². The molecule has 0 aliphatic heterocycles. The van der Waals surface area contributed by atoms with Crippen LogP contribution in [0.4, 0.5) is 4.39 Å². The van der Waals surface area contributed by atoms with E-state index in [0.717, 1.165) is 35.4 Å². The van der Waals surface area contributed by atoms with Crippen LogP contribution in [-0.4, -0.2) is 17.0 Å². The SMILES string of the molecule is CCCNC(CSC(C)(C)C)c1c(C)cc(C)cc1F. The van der Waals surface area contributed by atoms with Crippen LogP contribution < -0.4 is 5.32 Å². The fourth-order valence-electron chi connectivity index (χ4n) is 2.26. The maximum atomic E-state index is 14.4. The number of halogens is 1. The van der Waals surface area contributed by atoms with Crippen LogP contribution >= 0.6 is 11.8 Å². The second-order valence-electron chi connectivity index (χ2n) is 6.41. The summed E-state index contributed by atoms with van der Waals surface area (Å²) < 4.78 is 14.6. The number of rotatable bonds is 6. The van der Waals surface area contributed by atoms with Gasteiger partial charge in [0.05, 0.1) is 0 Å². The molecule has 1 aromatic carbocycles. The molecule has 0 amide bonds. The van der Waals surface area contributed by atoms with Gasteiger partial charge in [0.1, 0.15) is 5.82 Å². The van der Waals surface area contributed by atoms with Crippen molar-refractivity contribution in [2.45, 2.75) is 58.8 Å². The van der Waals surface area contributed by atoms with E-state index in [-0.39, 0.29) is 16.6 Å². The fourth-order valence-corrected chi connectivity index (χ4v) is 3.22. The van der Waals surface area contributed by atoms with Crippen molar-refractivity contribution in [3.63, 3.8) is 0 Å². The normalized spacial score (nSPS) is 13.6. The van der Waals surface area contributed by atoms with E-state index in [4.69, 9.17) is 0 Å². The Morgan fingerprint density at radius 3 is 2.40 bits per heavy atom. The Balaban J connectivity index is 2.98. The molecule has 0 bridgehead atoms. The summed E-state index contributed by atoms with van der Waals surface area (Å²) in [6.07, 6.45) is 1.06. The lowest BCUT2D eigenvalue weighted by atomic mass is 9.99. The Morgan fingerprint density at radius 2 is 1.90 bits per heavy atom. The quantitative estimate of drug-likeness (QED) is 0.791. The van der Waals surface area contributed by atoms with Gasteiger partial charge in [-0.3, -0.25) is 0 Å². The molecular weight excluding hydrogens is 269 g/mol. The van der Waals surface area contributed by atoms with Crippen LogP contribution in [-0.2, 0) is 0 Å². The second kappa shape index (κ2) is 7.46. The lowest BCUT2D eigenvalue weighted by Gasteiger charge is -2.26. The van der Waals surface area contributed by atoms with E-state index in [2.05, 4.69) is 39.1 Å². The summed E-state index contributed by atoms with van der Waals surface area (Å²) in [5.41, 5.74) is 2.87. The average molecular weight is 297 g/mol. The average Bonchev–Trinajstić information content (AvgIpc) is 2.29. The molecular formula is C17H28FNS. The smallest absolute Gasteiger partial charge is 0.128 e. The highest BCUT2D eigenvalue weighted by atomic mass is 32.2. The number of hydrogen-bond acceptors (Lipinski definition) is 2. The van der Waals surface area contributed by atoms with Gasteiger partial charge in [0.15, 0.2) is 0 Å². The molecule has 114 valence electrons. The molecule has 1 unspecified atom stereocenters. The molecule has 0 heterocycles. The first-order valence-corrected chi connectivity index (χ1v) is 8.37. The van der Waals surface area contributed by atoms with Crippen molar-refractivity contribution in [3.05, 3.63) is 34.6 Å². The van der Waals surface area contributed by atoms with E-state index in [1.807, 2.05) is 25.6 Å². The number of thioether (sulfide) groups is 1. The lowest BCUT2D eigenvalue weighted by molar-refractivity contribution is 0.528. The topological polar surface area (TPSA) is 12.0 Å². The number of benzene rings is 1. The van der Waals surface area contributed by atoms with Gasteiger partial charge in [0.25, 0.3) is 0 Å². The molecule has 1 N–H and O–H groups in total. The van der Waals surface area contributed by atoms with Crippen molar-refractivity contribution in [3.8, 4) is 0 Å². The summed E-state index contributed by atoms with van der Waals surface area (Å²) in [6, 6.07) is 3.80. The Hall–Kier alpha value is -0.540. The van der Waals surface area contributed by atoms with Crippen molar-refractivity contribution >= 4 is 11.8 Å². The zero-order valence-electron chi connectivity index (χ0n) is 13.6.